The van der Waals surface area contributed by atoms with Crippen molar-refractivity contribution >= 4 is 29.1 Å². The third-order valence-corrected chi connectivity index (χ3v) is 6.62. The molecule has 0 radical (unpaired) electrons. The number of carboxylic acid groups (broad SMARTS) is 1. The van der Waals surface area contributed by atoms with Gasteiger partial charge in [0.25, 0.3) is 0 Å². The lowest BCUT2D eigenvalue weighted by molar-refractivity contribution is -0.136. The first kappa shape index (κ1) is 25.5. The van der Waals surface area contributed by atoms with E-state index in [1.165, 1.54) is 68.0 Å². The Labute approximate surface area is 183 Å². The van der Waals surface area contributed by atoms with Crippen molar-refractivity contribution in [1.82, 2.24) is 0 Å². The predicted octanol–water partition coefficient (Wildman–Crippen LogP) is 6.48. The zero-order valence-corrected chi connectivity index (χ0v) is 18.9. The lowest BCUT2D eigenvalue weighted by Gasteiger charge is -2.18. The number of thioether (sulfide) groups is 1. The number of nitriles is 1. The summed E-state index contributed by atoms with van der Waals surface area (Å²) in [6.07, 6.45) is 17.4. The van der Waals surface area contributed by atoms with E-state index in [1.54, 1.807) is 11.4 Å². The number of carbonyl (C=O) groups is 1. The van der Waals surface area contributed by atoms with E-state index in [9.17, 15) is 9.90 Å². The van der Waals surface area contributed by atoms with Crippen molar-refractivity contribution in [3.8, 4) is 6.07 Å². The summed E-state index contributed by atoms with van der Waals surface area (Å²) in [6, 6.07) is 3.78. The van der Waals surface area contributed by atoms with Crippen molar-refractivity contribution in [2.45, 2.75) is 76.1 Å². The van der Waals surface area contributed by atoms with E-state index in [0.717, 1.165) is 6.42 Å². The normalized spacial score (nSPS) is 13.7. The molecule has 0 fully saturated rings. The fraction of sp³-hybridized carbons (Fsp3) is 0.565. The predicted molar refractivity (Wildman–Crippen MR) is 123 cm³/mol. The molecule has 0 saturated carbocycles. The van der Waals surface area contributed by atoms with Crippen LogP contribution in [0.15, 0.2) is 35.8 Å². The van der Waals surface area contributed by atoms with Crippen LogP contribution in [0.3, 0.4) is 0 Å². The van der Waals surface area contributed by atoms with Crippen LogP contribution in [0.2, 0.25) is 0 Å². The number of carboxylic acids is 1. The number of thiophene rings is 1. The van der Waals surface area contributed by atoms with Gasteiger partial charge in [0.05, 0.1) is 17.8 Å². The zero-order valence-electron chi connectivity index (χ0n) is 17.3. The first-order chi connectivity index (χ1) is 14.1. The molecule has 2 N–H and O–H groups in total. The summed E-state index contributed by atoms with van der Waals surface area (Å²) in [5.41, 5.74) is 0.705. The number of aliphatic hydroxyl groups excluding tert-OH is 1. The Hall–Kier alpha value is -1.55. The molecule has 0 spiro atoms. The maximum atomic E-state index is 10.8. The molecule has 6 heteroatoms. The number of allylic oxidation sites excluding steroid dienone is 3. The largest absolute Gasteiger partial charge is 0.481 e. The van der Waals surface area contributed by atoms with E-state index in [0.29, 0.717) is 16.2 Å². The summed E-state index contributed by atoms with van der Waals surface area (Å²) < 4.78 is 0. The van der Waals surface area contributed by atoms with Gasteiger partial charge in [-0.15, -0.1) is 11.3 Å². The average Bonchev–Trinajstić information content (AvgIpc) is 3.19. The topological polar surface area (TPSA) is 81.3 Å². The molecule has 160 valence electrons. The van der Waals surface area contributed by atoms with Crippen molar-refractivity contribution < 1.29 is 15.0 Å². The molecular weight excluding hydrogens is 402 g/mol. The van der Waals surface area contributed by atoms with Gasteiger partial charge in [-0.25, -0.2) is 0 Å². The molecule has 1 rings (SSSR count). The molecule has 0 amide bonds. The van der Waals surface area contributed by atoms with Gasteiger partial charge < -0.3 is 10.2 Å². The molecule has 1 aromatic heterocycles. The summed E-state index contributed by atoms with van der Waals surface area (Å²) in [4.78, 5) is 11.3. The van der Waals surface area contributed by atoms with Gasteiger partial charge in [0.15, 0.2) is 0 Å². The molecule has 29 heavy (non-hydrogen) atoms. The number of hydrogen-bond donors (Lipinski definition) is 2. The van der Waals surface area contributed by atoms with Crippen molar-refractivity contribution in [2.24, 2.45) is 0 Å². The molecule has 4 nitrogen and oxygen atoms in total. The molecule has 0 bridgehead atoms. The van der Waals surface area contributed by atoms with Crippen LogP contribution < -0.4 is 0 Å². The Morgan fingerprint density at radius 1 is 1.24 bits per heavy atom. The molecule has 1 aromatic rings. The highest BCUT2D eigenvalue weighted by molar-refractivity contribution is 8.00. The van der Waals surface area contributed by atoms with Crippen LogP contribution in [0.5, 0.6) is 0 Å². The van der Waals surface area contributed by atoms with Crippen LogP contribution >= 0.6 is 23.1 Å². The number of hydrogen-bond acceptors (Lipinski definition) is 5. The fourth-order valence-corrected chi connectivity index (χ4v) is 4.69. The molecule has 2 atom stereocenters. The maximum Gasteiger partial charge on any atom is 0.304 e. The molecule has 0 aliphatic rings. The van der Waals surface area contributed by atoms with Crippen molar-refractivity contribution in [3.05, 3.63) is 46.2 Å². The van der Waals surface area contributed by atoms with Crippen LogP contribution in [0.1, 0.15) is 81.3 Å². The van der Waals surface area contributed by atoms with Gasteiger partial charge in [-0.2, -0.15) is 17.0 Å². The molecule has 1 heterocycles. The van der Waals surface area contributed by atoms with Crippen molar-refractivity contribution in [2.75, 3.05) is 5.75 Å². The van der Waals surface area contributed by atoms with E-state index in [-0.39, 0.29) is 11.7 Å². The Morgan fingerprint density at radius 3 is 2.62 bits per heavy atom. The van der Waals surface area contributed by atoms with Gasteiger partial charge in [0, 0.05) is 5.75 Å². The molecule has 0 aliphatic heterocycles. The van der Waals surface area contributed by atoms with E-state index in [4.69, 9.17) is 10.4 Å². The summed E-state index contributed by atoms with van der Waals surface area (Å²) in [6.45, 7) is 2.23. The number of unbranched alkanes of at least 4 members (excludes halogenated alkanes) is 7. The van der Waals surface area contributed by atoms with Crippen LogP contribution in [-0.4, -0.2) is 27.2 Å². The molecule has 0 saturated heterocycles. The second-order valence-corrected chi connectivity index (χ2v) is 9.20. The summed E-state index contributed by atoms with van der Waals surface area (Å²) in [7, 11) is 0. The van der Waals surface area contributed by atoms with Crippen LogP contribution in [0.25, 0.3) is 0 Å². The summed E-state index contributed by atoms with van der Waals surface area (Å²) in [5, 5.41) is 30.0. The zero-order chi connectivity index (χ0) is 21.3. The van der Waals surface area contributed by atoms with E-state index in [2.05, 4.69) is 19.1 Å². The number of aliphatic carboxylic acids is 1. The van der Waals surface area contributed by atoms with Gasteiger partial charge in [-0.1, -0.05) is 69.8 Å². The third-order valence-electron chi connectivity index (χ3n) is 4.53. The number of aliphatic hydroxyl groups is 1. The molecular formula is C23H33NO3S2. The Balaban J connectivity index is 2.46. The number of nitrogens with zero attached hydrogens (tertiary/aromatic N) is 1. The Morgan fingerprint density at radius 2 is 1.97 bits per heavy atom. The maximum absolute atomic E-state index is 10.8. The lowest BCUT2D eigenvalue weighted by Crippen LogP contribution is -2.13. The molecule has 0 aliphatic carbocycles. The SMILES string of the molecule is CCCCCCCCC/C=C\C=C\[C@@H](SCCC(=O)O)[C@@H](O)c1csc(C#N)c1. The highest BCUT2D eigenvalue weighted by Gasteiger charge is 2.20. The second kappa shape index (κ2) is 16.3. The van der Waals surface area contributed by atoms with Crippen LogP contribution in [0, 0.1) is 11.3 Å². The van der Waals surface area contributed by atoms with Crippen molar-refractivity contribution in [3.63, 3.8) is 0 Å². The van der Waals surface area contributed by atoms with Gasteiger partial charge in [0.1, 0.15) is 10.9 Å². The highest BCUT2D eigenvalue weighted by atomic mass is 32.2. The van der Waals surface area contributed by atoms with Gasteiger partial charge in [-0.3, -0.25) is 4.79 Å². The lowest BCUT2D eigenvalue weighted by atomic mass is 10.1. The van der Waals surface area contributed by atoms with Crippen LogP contribution in [0.4, 0.5) is 0 Å². The first-order valence-corrected chi connectivity index (χ1v) is 12.3. The van der Waals surface area contributed by atoms with E-state index < -0.39 is 12.1 Å². The van der Waals surface area contributed by atoms with Gasteiger partial charge in [-0.05, 0) is 29.9 Å². The fourth-order valence-electron chi connectivity index (χ4n) is 2.86. The smallest absolute Gasteiger partial charge is 0.304 e. The highest BCUT2D eigenvalue weighted by Crippen LogP contribution is 2.31. The second-order valence-electron chi connectivity index (χ2n) is 7.00. The quantitative estimate of drug-likeness (QED) is 0.229. The third kappa shape index (κ3) is 11.9. The minimum absolute atomic E-state index is 0.0584. The van der Waals surface area contributed by atoms with Gasteiger partial charge in [0.2, 0.25) is 0 Å². The van der Waals surface area contributed by atoms with Crippen LogP contribution in [-0.2, 0) is 4.79 Å². The average molecular weight is 436 g/mol. The first-order valence-electron chi connectivity index (χ1n) is 10.4. The van der Waals surface area contributed by atoms with E-state index >= 15 is 0 Å². The van der Waals surface area contributed by atoms with E-state index in [1.807, 2.05) is 18.2 Å². The minimum atomic E-state index is -0.841. The Kier molecular flexibility index (Phi) is 14.3. The van der Waals surface area contributed by atoms with Gasteiger partial charge >= 0.3 is 5.97 Å². The molecule has 0 aromatic carbocycles. The molecule has 0 unspecified atom stereocenters. The summed E-state index contributed by atoms with van der Waals surface area (Å²) in [5.74, 6) is -0.412. The standard InChI is InChI=1S/C23H33NO3S2/c1-2-3-4-5-6-7-8-9-10-11-12-13-21(28-15-14-22(25)26)23(27)19-16-20(17-24)29-18-19/h10-13,16,18,21,23,27H,2-9,14-15H2,1H3,(H,25,26)/b11-10-,13-12+/t21-,23+/m1/s1. The van der Waals surface area contributed by atoms with Crippen molar-refractivity contribution in [1.29, 1.82) is 5.26 Å². The Bertz CT molecular complexity index is 676. The minimum Gasteiger partial charge on any atom is -0.481 e. The number of rotatable bonds is 16. The summed E-state index contributed by atoms with van der Waals surface area (Å²) >= 11 is 2.73. The monoisotopic (exact) mass is 435 g/mol.